The Hall–Kier alpha value is -0.850. The fourth-order valence-electron chi connectivity index (χ4n) is 0.809. The molecule has 1 atom stereocenters. The normalized spacial score (nSPS) is 14.5. The topological polar surface area (TPSA) is 74.9 Å². The Labute approximate surface area is 79.1 Å². The van der Waals surface area contributed by atoms with E-state index < -0.39 is 0 Å². The average molecular weight is 189 g/mol. The Kier molecular flexibility index (Phi) is 6.21. The van der Waals surface area contributed by atoms with E-state index in [9.17, 15) is 0 Å². The molecule has 0 amide bonds. The van der Waals surface area contributed by atoms with Gasteiger partial charge in [0.15, 0.2) is 0 Å². The molecular weight excluding hydrogens is 170 g/mol. The summed E-state index contributed by atoms with van der Waals surface area (Å²) < 4.78 is 4.94. The van der Waals surface area contributed by atoms with Crippen molar-refractivity contribution in [2.45, 2.75) is 13.0 Å². The number of ether oxygens (including phenoxy) is 1. The molecule has 1 unspecified atom stereocenters. The highest BCUT2D eigenvalue weighted by Crippen LogP contribution is 1.88. The van der Waals surface area contributed by atoms with Gasteiger partial charge in [-0.05, 0) is 6.92 Å². The molecule has 0 radical (unpaired) electrons. The lowest BCUT2D eigenvalue weighted by atomic mass is 10.4. The van der Waals surface area contributed by atoms with Crippen molar-refractivity contribution < 1.29 is 4.74 Å². The Bertz CT molecular complexity index is 159. The van der Waals surface area contributed by atoms with E-state index in [0.717, 1.165) is 0 Å². The first kappa shape index (κ1) is 12.2. The highest BCUT2D eigenvalue weighted by atomic mass is 16.5. The number of nitrogens with one attached hydrogen (secondary N) is 2. The maximum Gasteiger partial charge on any atom is 0.220 e. The standard InChI is InChI=1S/C7H19N5O/c1-6(5-13-4)9-7(10-8)11-12(2)3/h6H,5,8H2,1-4H3,(H2,9,10,11). The number of aliphatic imine (C=N–C) groups is 1. The third-order valence-electron chi connectivity index (χ3n) is 1.22. The van der Waals surface area contributed by atoms with Gasteiger partial charge >= 0.3 is 0 Å². The lowest BCUT2D eigenvalue weighted by molar-refractivity contribution is 0.185. The van der Waals surface area contributed by atoms with E-state index in [1.54, 1.807) is 12.1 Å². The number of hydrogen-bond donors (Lipinski definition) is 3. The molecule has 0 bridgehead atoms. The maximum atomic E-state index is 5.25. The van der Waals surface area contributed by atoms with Crippen LogP contribution in [0.4, 0.5) is 0 Å². The van der Waals surface area contributed by atoms with E-state index in [1.165, 1.54) is 0 Å². The highest BCUT2D eigenvalue weighted by molar-refractivity contribution is 5.78. The summed E-state index contributed by atoms with van der Waals surface area (Å²) >= 11 is 0. The molecule has 0 saturated carbocycles. The third kappa shape index (κ3) is 6.32. The molecule has 6 heteroatoms. The van der Waals surface area contributed by atoms with E-state index in [0.29, 0.717) is 12.6 Å². The van der Waals surface area contributed by atoms with Gasteiger partial charge in [0.25, 0.3) is 0 Å². The molecule has 78 valence electrons. The van der Waals surface area contributed by atoms with Gasteiger partial charge in [-0.3, -0.25) is 10.9 Å². The molecule has 0 heterocycles. The van der Waals surface area contributed by atoms with Crippen molar-refractivity contribution in [2.24, 2.45) is 10.8 Å². The zero-order valence-corrected chi connectivity index (χ0v) is 8.66. The summed E-state index contributed by atoms with van der Waals surface area (Å²) in [5.41, 5.74) is 5.37. The lowest BCUT2D eigenvalue weighted by Gasteiger charge is -2.16. The molecule has 0 fully saturated rings. The molecule has 0 aliphatic rings. The first-order valence-electron chi connectivity index (χ1n) is 4.07. The molecule has 0 aromatic rings. The molecule has 0 saturated heterocycles. The van der Waals surface area contributed by atoms with E-state index in [4.69, 9.17) is 10.6 Å². The molecule has 0 aliphatic heterocycles. The number of methoxy groups -OCH3 is 1. The summed E-state index contributed by atoms with van der Waals surface area (Å²) in [5, 5.41) is 1.75. The van der Waals surface area contributed by atoms with Crippen LogP contribution in [0, 0.1) is 0 Å². The van der Waals surface area contributed by atoms with Crippen molar-refractivity contribution in [3.63, 3.8) is 0 Å². The molecular formula is C7H19N5O. The molecule has 0 aliphatic carbocycles. The van der Waals surface area contributed by atoms with E-state index in [2.05, 4.69) is 15.8 Å². The molecule has 0 rings (SSSR count). The number of nitrogens with zero attached hydrogens (tertiary/aromatic N) is 2. The van der Waals surface area contributed by atoms with Crippen LogP contribution in [0.5, 0.6) is 0 Å². The zero-order valence-electron chi connectivity index (χ0n) is 8.66. The van der Waals surface area contributed by atoms with Gasteiger partial charge in [-0.15, -0.1) is 0 Å². The van der Waals surface area contributed by atoms with Gasteiger partial charge in [0.2, 0.25) is 5.96 Å². The van der Waals surface area contributed by atoms with E-state index in [1.807, 2.05) is 21.0 Å². The minimum Gasteiger partial charge on any atom is -0.382 e. The zero-order chi connectivity index (χ0) is 10.3. The maximum absolute atomic E-state index is 5.25. The quantitative estimate of drug-likeness (QED) is 0.227. The van der Waals surface area contributed by atoms with Crippen molar-refractivity contribution in [1.82, 2.24) is 15.9 Å². The molecule has 0 spiro atoms. The molecule has 4 N–H and O–H groups in total. The summed E-state index contributed by atoms with van der Waals surface area (Å²) in [4.78, 5) is 4.23. The van der Waals surface area contributed by atoms with Gasteiger partial charge < -0.3 is 4.74 Å². The Morgan fingerprint density at radius 2 is 2.23 bits per heavy atom. The van der Waals surface area contributed by atoms with Gasteiger partial charge in [0.05, 0.1) is 12.6 Å². The molecule has 0 aromatic heterocycles. The van der Waals surface area contributed by atoms with Gasteiger partial charge in [0.1, 0.15) is 0 Å². The fraction of sp³-hybridized carbons (Fsp3) is 0.857. The van der Waals surface area contributed by atoms with E-state index >= 15 is 0 Å². The van der Waals surface area contributed by atoms with Crippen molar-refractivity contribution in [3.05, 3.63) is 0 Å². The second kappa shape index (κ2) is 6.64. The van der Waals surface area contributed by atoms with Crippen LogP contribution in [0.3, 0.4) is 0 Å². The van der Waals surface area contributed by atoms with Crippen molar-refractivity contribution >= 4 is 5.96 Å². The van der Waals surface area contributed by atoms with Crippen LogP contribution in [0.15, 0.2) is 4.99 Å². The van der Waals surface area contributed by atoms with Crippen LogP contribution in [0.2, 0.25) is 0 Å². The Morgan fingerprint density at radius 1 is 1.62 bits per heavy atom. The van der Waals surface area contributed by atoms with Gasteiger partial charge in [-0.1, -0.05) is 0 Å². The summed E-state index contributed by atoms with van der Waals surface area (Å²) in [6, 6.07) is 0.0727. The summed E-state index contributed by atoms with van der Waals surface area (Å²) in [7, 11) is 5.35. The monoisotopic (exact) mass is 189 g/mol. The SMILES string of the molecule is COCC(C)N=C(NN)NN(C)C. The summed E-state index contributed by atoms with van der Waals surface area (Å²) in [5.74, 6) is 5.78. The predicted molar refractivity (Wildman–Crippen MR) is 52.9 cm³/mol. The smallest absolute Gasteiger partial charge is 0.220 e. The molecule has 6 nitrogen and oxygen atoms in total. The second-order valence-electron chi connectivity index (χ2n) is 2.93. The number of rotatable bonds is 4. The second-order valence-corrected chi connectivity index (χ2v) is 2.93. The lowest BCUT2D eigenvalue weighted by Crippen LogP contribution is -2.48. The third-order valence-corrected chi connectivity index (χ3v) is 1.22. The first-order valence-corrected chi connectivity index (χ1v) is 4.07. The van der Waals surface area contributed by atoms with Crippen LogP contribution in [-0.4, -0.2) is 44.8 Å². The van der Waals surface area contributed by atoms with Gasteiger partial charge in [-0.25, -0.2) is 15.8 Å². The Balaban J connectivity index is 4.03. The van der Waals surface area contributed by atoms with Crippen molar-refractivity contribution in [2.75, 3.05) is 27.8 Å². The number of hydrazine groups is 2. The number of guanidine groups is 1. The van der Waals surface area contributed by atoms with E-state index in [-0.39, 0.29) is 6.04 Å². The molecule has 0 aromatic carbocycles. The van der Waals surface area contributed by atoms with Crippen LogP contribution >= 0.6 is 0 Å². The average Bonchev–Trinajstić information content (AvgIpc) is 2.02. The largest absolute Gasteiger partial charge is 0.382 e. The predicted octanol–water partition coefficient (Wildman–Crippen LogP) is -1.09. The van der Waals surface area contributed by atoms with Crippen molar-refractivity contribution in [3.8, 4) is 0 Å². The van der Waals surface area contributed by atoms with Crippen LogP contribution in [-0.2, 0) is 4.74 Å². The van der Waals surface area contributed by atoms with Crippen LogP contribution in [0.25, 0.3) is 0 Å². The van der Waals surface area contributed by atoms with Gasteiger partial charge in [0, 0.05) is 21.2 Å². The minimum atomic E-state index is 0.0727. The number of hydrogen-bond acceptors (Lipinski definition) is 4. The Morgan fingerprint density at radius 3 is 2.62 bits per heavy atom. The van der Waals surface area contributed by atoms with Crippen LogP contribution in [0.1, 0.15) is 6.92 Å². The summed E-state index contributed by atoms with van der Waals surface area (Å²) in [6.45, 7) is 2.51. The number of nitrogens with two attached hydrogens (primary N) is 1. The summed E-state index contributed by atoms with van der Waals surface area (Å²) in [6.07, 6.45) is 0. The first-order chi connectivity index (χ1) is 6.10. The minimum absolute atomic E-state index is 0.0727. The van der Waals surface area contributed by atoms with Gasteiger partial charge in [-0.2, -0.15) is 0 Å². The fourth-order valence-corrected chi connectivity index (χ4v) is 0.809. The van der Waals surface area contributed by atoms with Crippen LogP contribution < -0.4 is 16.7 Å². The highest BCUT2D eigenvalue weighted by Gasteiger charge is 2.01. The molecule has 13 heavy (non-hydrogen) atoms. The van der Waals surface area contributed by atoms with Crippen molar-refractivity contribution in [1.29, 1.82) is 0 Å².